The molecule has 0 bridgehead atoms. The summed E-state index contributed by atoms with van der Waals surface area (Å²) in [5.74, 6) is 0.643. The van der Waals surface area contributed by atoms with Crippen molar-refractivity contribution in [2.24, 2.45) is 0 Å². The second-order valence-corrected chi connectivity index (χ2v) is 5.53. The number of nitrogens with one attached hydrogen (secondary N) is 1. The molecule has 0 aromatic heterocycles. The van der Waals surface area contributed by atoms with E-state index in [1.54, 1.807) is 17.8 Å². The lowest BCUT2D eigenvalue weighted by Crippen LogP contribution is -2.09. The van der Waals surface area contributed by atoms with Gasteiger partial charge < -0.3 is 10.1 Å². The Morgan fingerprint density at radius 2 is 1.86 bits per heavy atom. The van der Waals surface area contributed by atoms with E-state index in [1.165, 1.54) is 6.92 Å². The van der Waals surface area contributed by atoms with Gasteiger partial charge in [0.2, 0.25) is 5.91 Å². The molecule has 2 aromatic rings. The van der Waals surface area contributed by atoms with Gasteiger partial charge in [0.15, 0.2) is 5.44 Å². The lowest BCUT2D eigenvalue weighted by molar-refractivity contribution is -0.114. The summed E-state index contributed by atoms with van der Waals surface area (Å²) in [5, 5.41) is 2.72. The summed E-state index contributed by atoms with van der Waals surface area (Å²) in [6.07, 6.45) is 1.76. The maximum Gasteiger partial charge on any atom is 0.221 e. The van der Waals surface area contributed by atoms with Crippen molar-refractivity contribution in [1.29, 1.82) is 0 Å². The van der Waals surface area contributed by atoms with Gasteiger partial charge in [0.1, 0.15) is 5.75 Å². The van der Waals surface area contributed by atoms with Gasteiger partial charge in [-0.05, 0) is 42.5 Å². The van der Waals surface area contributed by atoms with Crippen LogP contribution in [0.15, 0.2) is 72.1 Å². The van der Waals surface area contributed by atoms with Crippen molar-refractivity contribution >= 4 is 23.4 Å². The van der Waals surface area contributed by atoms with Crippen LogP contribution in [0.3, 0.4) is 0 Å². The number of carbonyl (C=O) groups is 1. The third-order valence-corrected chi connectivity index (χ3v) is 3.68. The van der Waals surface area contributed by atoms with Gasteiger partial charge in [0.25, 0.3) is 0 Å². The van der Waals surface area contributed by atoms with Gasteiger partial charge in [0.05, 0.1) is 0 Å². The Bertz CT molecular complexity index is 596. The second kappa shape index (κ2) is 7.55. The normalized spacial score (nSPS) is 11.5. The predicted octanol–water partition coefficient (Wildman–Crippen LogP) is 4.33. The molecule has 4 heteroatoms. The summed E-state index contributed by atoms with van der Waals surface area (Å²) < 4.78 is 5.86. The van der Waals surface area contributed by atoms with Gasteiger partial charge in [0, 0.05) is 17.5 Å². The van der Waals surface area contributed by atoms with Crippen LogP contribution in [0.4, 0.5) is 5.69 Å². The van der Waals surface area contributed by atoms with Crippen LogP contribution in [-0.4, -0.2) is 11.3 Å². The van der Waals surface area contributed by atoms with Crippen LogP contribution in [0.2, 0.25) is 0 Å². The molecule has 0 aliphatic heterocycles. The zero-order valence-electron chi connectivity index (χ0n) is 11.8. The SMILES string of the molecule is C=CC(Oc1ccc(NC(C)=O)cc1)Sc1ccccc1. The van der Waals surface area contributed by atoms with Gasteiger partial charge >= 0.3 is 0 Å². The highest BCUT2D eigenvalue weighted by atomic mass is 32.2. The molecule has 1 amide bonds. The van der Waals surface area contributed by atoms with E-state index < -0.39 is 0 Å². The van der Waals surface area contributed by atoms with Crippen LogP contribution in [0.1, 0.15) is 6.92 Å². The molecule has 1 atom stereocenters. The van der Waals surface area contributed by atoms with Gasteiger partial charge in [-0.3, -0.25) is 4.79 Å². The first kappa shape index (κ1) is 15.2. The molecule has 0 aliphatic carbocycles. The number of carbonyl (C=O) groups excluding carboxylic acids is 1. The fourth-order valence-electron chi connectivity index (χ4n) is 1.71. The van der Waals surface area contributed by atoms with E-state index in [0.717, 1.165) is 16.3 Å². The summed E-state index contributed by atoms with van der Waals surface area (Å²) >= 11 is 1.59. The fourth-order valence-corrected chi connectivity index (χ4v) is 2.55. The van der Waals surface area contributed by atoms with Gasteiger partial charge in [-0.1, -0.05) is 36.5 Å². The van der Waals surface area contributed by atoms with Crippen LogP contribution in [0.25, 0.3) is 0 Å². The van der Waals surface area contributed by atoms with E-state index in [4.69, 9.17) is 4.74 Å². The average Bonchev–Trinajstić information content (AvgIpc) is 2.49. The van der Waals surface area contributed by atoms with Crippen LogP contribution in [0.5, 0.6) is 5.75 Å². The Hall–Kier alpha value is -2.20. The van der Waals surface area contributed by atoms with Crippen molar-refractivity contribution in [2.75, 3.05) is 5.32 Å². The lowest BCUT2D eigenvalue weighted by Gasteiger charge is -2.15. The van der Waals surface area contributed by atoms with Crippen molar-refractivity contribution in [3.8, 4) is 5.75 Å². The number of thioether (sulfide) groups is 1. The van der Waals surface area contributed by atoms with Crippen LogP contribution in [0, 0.1) is 0 Å². The minimum absolute atomic E-state index is 0.0905. The number of hydrogen-bond donors (Lipinski definition) is 1. The Labute approximate surface area is 129 Å². The fraction of sp³-hybridized carbons (Fsp3) is 0.118. The average molecular weight is 299 g/mol. The minimum Gasteiger partial charge on any atom is -0.475 e. The van der Waals surface area contributed by atoms with Gasteiger partial charge in [-0.15, -0.1) is 0 Å². The van der Waals surface area contributed by atoms with Gasteiger partial charge in [-0.25, -0.2) is 0 Å². The number of hydrogen-bond acceptors (Lipinski definition) is 3. The smallest absolute Gasteiger partial charge is 0.221 e. The van der Waals surface area contributed by atoms with Crippen LogP contribution < -0.4 is 10.1 Å². The quantitative estimate of drug-likeness (QED) is 0.490. The Kier molecular flexibility index (Phi) is 5.46. The van der Waals surface area contributed by atoms with Crippen molar-refractivity contribution < 1.29 is 9.53 Å². The highest BCUT2D eigenvalue weighted by molar-refractivity contribution is 8.00. The third kappa shape index (κ3) is 5.00. The highest BCUT2D eigenvalue weighted by Crippen LogP contribution is 2.27. The first-order valence-electron chi connectivity index (χ1n) is 6.56. The van der Waals surface area contributed by atoms with Crippen LogP contribution in [-0.2, 0) is 4.79 Å². The van der Waals surface area contributed by atoms with E-state index in [-0.39, 0.29) is 11.3 Å². The summed E-state index contributed by atoms with van der Waals surface area (Å²) in [7, 11) is 0. The molecule has 1 N–H and O–H groups in total. The molecule has 0 heterocycles. The van der Waals surface area contributed by atoms with Crippen molar-refractivity contribution in [3.05, 3.63) is 67.3 Å². The molecule has 0 radical (unpaired) electrons. The van der Waals surface area contributed by atoms with Crippen molar-refractivity contribution in [1.82, 2.24) is 0 Å². The Balaban J connectivity index is 1.98. The maximum absolute atomic E-state index is 11.0. The van der Waals surface area contributed by atoms with E-state index in [2.05, 4.69) is 11.9 Å². The second-order valence-electron chi connectivity index (χ2n) is 4.36. The monoisotopic (exact) mass is 299 g/mol. The molecule has 1 unspecified atom stereocenters. The predicted molar refractivity (Wildman–Crippen MR) is 87.7 cm³/mol. The number of rotatable bonds is 6. The molecule has 21 heavy (non-hydrogen) atoms. The molecule has 0 saturated heterocycles. The third-order valence-electron chi connectivity index (χ3n) is 2.61. The number of ether oxygens (including phenoxy) is 1. The highest BCUT2D eigenvalue weighted by Gasteiger charge is 2.08. The van der Waals surface area contributed by atoms with E-state index in [1.807, 2.05) is 54.6 Å². The summed E-state index contributed by atoms with van der Waals surface area (Å²) in [6, 6.07) is 17.3. The van der Waals surface area contributed by atoms with E-state index >= 15 is 0 Å². The molecule has 2 aromatic carbocycles. The number of benzene rings is 2. The van der Waals surface area contributed by atoms with Crippen molar-refractivity contribution in [3.63, 3.8) is 0 Å². The molecular formula is C17H17NO2S. The molecule has 0 spiro atoms. The summed E-state index contributed by atoms with van der Waals surface area (Å²) in [4.78, 5) is 12.1. The lowest BCUT2D eigenvalue weighted by atomic mass is 10.3. The molecule has 2 rings (SSSR count). The largest absolute Gasteiger partial charge is 0.475 e. The molecule has 0 fully saturated rings. The Morgan fingerprint density at radius 3 is 2.43 bits per heavy atom. The molecule has 108 valence electrons. The zero-order chi connectivity index (χ0) is 15.1. The zero-order valence-corrected chi connectivity index (χ0v) is 12.6. The number of amides is 1. The van der Waals surface area contributed by atoms with Gasteiger partial charge in [-0.2, -0.15) is 0 Å². The first-order valence-corrected chi connectivity index (χ1v) is 7.44. The van der Waals surface area contributed by atoms with E-state index in [0.29, 0.717) is 0 Å². The number of anilines is 1. The Morgan fingerprint density at radius 1 is 1.19 bits per heavy atom. The standard InChI is InChI=1S/C17H17NO2S/c1-3-17(21-16-7-5-4-6-8-16)20-15-11-9-14(10-12-15)18-13(2)19/h3-12,17H,1H2,2H3,(H,18,19). The molecule has 0 saturated carbocycles. The summed E-state index contributed by atoms with van der Waals surface area (Å²) in [5.41, 5.74) is 0.583. The molecular weight excluding hydrogens is 282 g/mol. The first-order chi connectivity index (χ1) is 10.2. The van der Waals surface area contributed by atoms with E-state index in [9.17, 15) is 4.79 Å². The minimum atomic E-state index is -0.168. The van der Waals surface area contributed by atoms with Crippen molar-refractivity contribution in [2.45, 2.75) is 17.3 Å². The maximum atomic E-state index is 11.0. The molecule has 3 nitrogen and oxygen atoms in total. The molecule has 0 aliphatic rings. The topological polar surface area (TPSA) is 38.3 Å². The summed E-state index contributed by atoms with van der Waals surface area (Å²) in [6.45, 7) is 5.29. The van der Waals surface area contributed by atoms with Crippen LogP contribution >= 0.6 is 11.8 Å².